The fourth-order valence-electron chi connectivity index (χ4n) is 4.19. The van der Waals surface area contributed by atoms with Gasteiger partial charge in [-0.25, -0.2) is 10.2 Å². The number of aryl methyl sites for hydroxylation is 3. The van der Waals surface area contributed by atoms with Crippen LogP contribution in [-0.4, -0.2) is 32.3 Å². The molecule has 2 aromatic heterocycles. The fourth-order valence-corrected chi connectivity index (χ4v) is 4.45. The molecule has 4 aromatic rings. The molecular weight excluding hydrogens is 464 g/mol. The topological polar surface area (TPSA) is 88.6 Å². The van der Waals surface area contributed by atoms with Gasteiger partial charge in [0.15, 0.2) is 0 Å². The number of hydrogen-bond acceptors (Lipinski definition) is 3. The van der Waals surface area contributed by atoms with Crippen molar-refractivity contribution in [3.63, 3.8) is 0 Å². The highest BCUT2D eigenvalue weighted by molar-refractivity contribution is 6.33. The van der Waals surface area contributed by atoms with E-state index in [1.165, 1.54) is 6.07 Å². The van der Waals surface area contributed by atoms with Crippen LogP contribution in [0.4, 0.5) is 0 Å². The third-order valence-electron chi connectivity index (χ3n) is 5.94. The number of halogens is 1. The molecule has 0 radical (unpaired) electrons. The van der Waals surface area contributed by atoms with E-state index in [0.717, 1.165) is 39.7 Å². The summed E-state index contributed by atoms with van der Waals surface area (Å²) in [5.41, 5.74) is 9.73. The monoisotopic (exact) mass is 488 g/mol. The number of nitrogens with one attached hydrogen (secondary N) is 1. The SMILES string of the molecule is Cc1ccc(C)n1-c1ccc(C(=O)N/N=C\c2cc(C)n(-c3ccc(C(=O)O)c(Cl)c3)c2C)cc1. The Hall–Kier alpha value is -4.10. The Morgan fingerprint density at radius 2 is 1.49 bits per heavy atom. The first kappa shape index (κ1) is 24.0. The van der Waals surface area contributed by atoms with Crippen LogP contribution in [0.15, 0.2) is 65.8 Å². The molecule has 0 bridgehead atoms. The quantitative estimate of drug-likeness (QED) is 0.273. The molecule has 0 aliphatic rings. The number of hydrazone groups is 1. The predicted octanol–water partition coefficient (Wildman–Crippen LogP) is 5.62. The maximum absolute atomic E-state index is 12.6. The number of aromatic carboxylic acids is 1. The van der Waals surface area contributed by atoms with Crippen molar-refractivity contribution in [2.45, 2.75) is 27.7 Å². The van der Waals surface area contributed by atoms with E-state index in [4.69, 9.17) is 11.6 Å². The summed E-state index contributed by atoms with van der Waals surface area (Å²) in [6, 6.07) is 18.2. The molecule has 0 saturated heterocycles. The summed E-state index contributed by atoms with van der Waals surface area (Å²) in [6.07, 6.45) is 1.59. The van der Waals surface area contributed by atoms with Crippen molar-refractivity contribution < 1.29 is 14.7 Å². The van der Waals surface area contributed by atoms with Gasteiger partial charge >= 0.3 is 5.97 Å². The van der Waals surface area contributed by atoms with E-state index in [1.807, 2.05) is 50.5 Å². The molecule has 4 rings (SSSR count). The van der Waals surface area contributed by atoms with Crippen LogP contribution in [0.1, 0.15) is 49.1 Å². The molecule has 0 fully saturated rings. The first-order valence-corrected chi connectivity index (χ1v) is 11.4. The van der Waals surface area contributed by atoms with Crippen LogP contribution in [0.5, 0.6) is 0 Å². The zero-order valence-electron chi connectivity index (χ0n) is 19.8. The Morgan fingerprint density at radius 1 is 0.857 bits per heavy atom. The lowest BCUT2D eigenvalue weighted by Crippen LogP contribution is -2.17. The number of hydrogen-bond donors (Lipinski definition) is 2. The molecular formula is C27H25ClN4O3. The van der Waals surface area contributed by atoms with Gasteiger partial charge in [-0.15, -0.1) is 0 Å². The highest BCUT2D eigenvalue weighted by atomic mass is 35.5. The minimum absolute atomic E-state index is 0.0500. The average Bonchev–Trinajstić information content (AvgIpc) is 3.30. The second-order valence-corrected chi connectivity index (χ2v) is 8.74. The fraction of sp³-hybridized carbons (Fsp3) is 0.148. The summed E-state index contributed by atoms with van der Waals surface area (Å²) < 4.78 is 4.07. The van der Waals surface area contributed by atoms with Crippen molar-refractivity contribution in [3.8, 4) is 11.4 Å². The number of carboxylic acid groups (broad SMARTS) is 1. The van der Waals surface area contributed by atoms with Crippen LogP contribution in [0.3, 0.4) is 0 Å². The van der Waals surface area contributed by atoms with Crippen LogP contribution in [0.25, 0.3) is 11.4 Å². The van der Waals surface area contributed by atoms with Gasteiger partial charge in [-0.05, 0) is 88.4 Å². The summed E-state index contributed by atoms with van der Waals surface area (Å²) in [7, 11) is 0. The second-order valence-electron chi connectivity index (χ2n) is 8.33. The van der Waals surface area contributed by atoms with Gasteiger partial charge in [0.1, 0.15) is 0 Å². The molecule has 2 N–H and O–H groups in total. The first-order chi connectivity index (χ1) is 16.7. The van der Waals surface area contributed by atoms with Crippen LogP contribution >= 0.6 is 11.6 Å². The molecule has 0 unspecified atom stereocenters. The first-order valence-electron chi connectivity index (χ1n) is 11.0. The summed E-state index contributed by atoms with van der Waals surface area (Å²) in [4.78, 5) is 23.8. The number of rotatable bonds is 6. The van der Waals surface area contributed by atoms with E-state index in [2.05, 4.69) is 27.2 Å². The molecule has 0 atom stereocenters. The van der Waals surface area contributed by atoms with Gasteiger partial charge < -0.3 is 14.2 Å². The maximum atomic E-state index is 12.6. The van der Waals surface area contributed by atoms with Gasteiger partial charge in [-0.3, -0.25) is 4.79 Å². The number of carbonyl (C=O) groups is 2. The van der Waals surface area contributed by atoms with E-state index in [0.29, 0.717) is 5.56 Å². The van der Waals surface area contributed by atoms with Crippen LogP contribution in [0.2, 0.25) is 5.02 Å². The van der Waals surface area contributed by atoms with Crippen molar-refractivity contribution in [1.29, 1.82) is 0 Å². The largest absolute Gasteiger partial charge is 0.478 e. The number of nitrogens with zero attached hydrogens (tertiary/aromatic N) is 3. The van der Waals surface area contributed by atoms with E-state index >= 15 is 0 Å². The van der Waals surface area contributed by atoms with Gasteiger partial charge in [-0.1, -0.05) is 11.6 Å². The predicted molar refractivity (Wildman–Crippen MR) is 138 cm³/mol. The van der Waals surface area contributed by atoms with Crippen LogP contribution in [0, 0.1) is 27.7 Å². The molecule has 2 heterocycles. The van der Waals surface area contributed by atoms with Gasteiger partial charge in [0.05, 0.1) is 16.8 Å². The standard InChI is InChI=1S/C27H25ClN4O3/c1-16-5-6-17(2)31(16)22-9-7-20(8-10-22)26(33)30-29-15-21-13-18(3)32(19(21)4)23-11-12-24(27(34)35)25(28)14-23/h5-15H,1-4H3,(H,30,33)(H,34,35)/b29-15-. The zero-order chi connectivity index (χ0) is 25.3. The van der Waals surface area contributed by atoms with Crippen LogP contribution < -0.4 is 5.43 Å². The lowest BCUT2D eigenvalue weighted by atomic mass is 10.2. The molecule has 0 aliphatic heterocycles. The lowest BCUT2D eigenvalue weighted by Gasteiger charge is -2.11. The van der Waals surface area contributed by atoms with Gasteiger partial charge in [-0.2, -0.15) is 5.10 Å². The zero-order valence-corrected chi connectivity index (χ0v) is 20.6. The minimum Gasteiger partial charge on any atom is -0.478 e. The summed E-state index contributed by atoms with van der Waals surface area (Å²) >= 11 is 6.15. The van der Waals surface area contributed by atoms with Crippen molar-refractivity contribution in [2.24, 2.45) is 5.10 Å². The van der Waals surface area contributed by atoms with Crippen LogP contribution in [-0.2, 0) is 0 Å². The second kappa shape index (κ2) is 9.64. The molecule has 1 amide bonds. The number of carbonyl (C=O) groups excluding carboxylic acids is 1. The van der Waals surface area contributed by atoms with E-state index in [-0.39, 0.29) is 16.5 Å². The molecule has 35 heavy (non-hydrogen) atoms. The van der Waals surface area contributed by atoms with Gasteiger partial charge in [0.2, 0.25) is 0 Å². The van der Waals surface area contributed by atoms with E-state index in [9.17, 15) is 14.7 Å². The Morgan fingerprint density at radius 3 is 2.09 bits per heavy atom. The van der Waals surface area contributed by atoms with Gasteiger partial charge in [0.25, 0.3) is 5.91 Å². The van der Waals surface area contributed by atoms with E-state index in [1.54, 1.807) is 30.5 Å². The van der Waals surface area contributed by atoms with Crippen molar-refractivity contribution in [3.05, 3.63) is 105 Å². The molecule has 0 aliphatic carbocycles. The summed E-state index contributed by atoms with van der Waals surface area (Å²) in [5.74, 6) is -1.38. The van der Waals surface area contributed by atoms with Crippen molar-refractivity contribution >= 4 is 29.7 Å². The third kappa shape index (κ3) is 4.76. The molecule has 178 valence electrons. The molecule has 0 spiro atoms. The Bertz CT molecular complexity index is 1440. The number of aromatic nitrogens is 2. The number of carboxylic acids is 1. The molecule has 2 aromatic carbocycles. The molecule has 7 nitrogen and oxygen atoms in total. The highest BCUT2D eigenvalue weighted by Gasteiger charge is 2.14. The highest BCUT2D eigenvalue weighted by Crippen LogP contribution is 2.25. The normalized spacial score (nSPS) is 11.2. The average molecular weight is 489 g/mol. The maximum Gasteiger partial charge on any atom is 0.337 e. The Balaban J connectivity index is 1.49. The Kier molecular flexibility index (Phi) is 6.62. The summed E-state index contributed by atoms with van der Waals surface area (Å²) in [6.45, 7) is 7.93. The Labute approximate surface area is 208 Å². The third-order valence-corrected chi connectivity index (χ3v) is 6.25. The minimum atomic E-state index is -1.07. The smallest absolute Gasteiger partial charge is 0.337 e. The van der Waals surface area contributed by atoms with Gasteiger partial charge in [0, 0.05) is 45.3 Å². The summed E-state index contributed by atoms with van der Waals surface area (Å²) in [5, 5.41) is 13.5. The molecule has 0 saturated carbocycles. The number of amides is 1. The lowest BCUT2D eigenvalue weighted by molar-refractivity contribution is 0.0696. The van der Waals surface area contributed by atoms with E-state index < -0.39 is 5.97 Å². The molecule has 8 heteroatoms. The van der Waals surface area contributed by atoms with Crippen molar-refractivity contribution in [1.82, 2.24) is 14.6 Å². The number of benzene rings is 2. The van der Waals surface area contributed by atoms with Crippen molar-refractivity contribution in [2.75, 3.05) is 0 Å².